The third-order valence-electron chi connectivity index (χ3n) is 3.08. The number of hydrogen-bond acceptors (Lipinski definition) is 2. The fraction of sp³-hybridized carbons (Fsp3) is 1.00. The normalized spacial score (nSPS) is 29.1. The molecule has 1 N–H and O–H groups in total. The van der Waals surface area contributed by atoms with Gasteiger partial charge in [-0.15, -0.1) is 0 Å². The zero-order chi connectivity index (χ0) is 9.90. The second kappa shape index (κ2) is 4.43. The van der Waals surface area contributed by atoms with Gasteiger partial charge in [0.25, 0.3) is 0 Å². The van der Waals surface area contributed by atoms with Gasteiger partial charge in [-0.1, -0.05) is 27.2 Å². The maximum absolute atomic E-state index is 9.75. The molecule has 0 aromatic heterocycles. The monoisotopic (exact) mass is 185 g/mol. The standard InChI is InChI=1S/C11H23NO/c1-4-5-7-12-8-6-10(13)11(2,3)9-12/h10,13H,4-9H2,1-3H3. The van der Waals surface area contributed by atoms with Crippen LogP contribution in [0.25, 0.3) is 0 Å². The van der Waals surface area contributed by atoms with E-state index >= 15 is 0 Å². The summed E-state index contributed by atoms with van der Waals surface area (Å²) in [7, 11) is 0. The lowest BCUT2D eigenvalue weighted by atomic mass is 9.81. The van der Waals surface area contributed by atoms with E-state index in [0.717, 1.165) is 19.5 Å². The highest BCUT2D eigenvalue weighted by Gasteiger charge is 2.33. The lowest BCUT2D eigenvalue weighted by Crippen LogP contribution is -2.48. The van der Waals surface area contributed by atoms with E-state index in [-0.39, 0.29) is 11.5 Å². The molecule has 1 unspecified atom stereocenters. The van der Waals surface area contributed by atoms with Crippen molar-refractivity contribution in [3.63, 3.8) is 0 Å². The average molecular weight is 185 g/mol. The highest BCUT2D eigenvalue weighted by molar-refractivity contribution is 4.86. The number of aliphatic hydroxyl groups excluding tert-OH is 1. The summed E-state index contributed by atoms with van der Waals surface area (Å²) < 4.78 is 0. The minimum Gasteiger partial charge on any atom is -0.392 e. The van der Waals surface area contributed by atoms with Gasteiger partial charge in [0, 0.05) is 18.5 Å². The number of rotatable bonds is 3. The van der Waals surface area contributed by atoms with Crippen LogP contribution >= 0.6 is 0 Å². The largest absolute Gasteiger partial charge is 0.392 e. The van der Waals surface area contributed by atoms with Gasteiger partial charge in [-0.25, -0.2) is 0 Å². The molecule has 1 fully saturated rings. The number of aliphatic hydroxyl groups is 1. The van der Waals surface area contributed by atoms with E-state index < -0.39 is 0 Å². The van der Waals surface area contributed by atoms with Crippen molar-refractivity contribution in [3.05, 3.63) is 0 Å². The average Bonchev–Trinajstić information content (AvgIpc) is 2.07. The third kappa shape index (κ3) is 2.96. The van der Waals surface area contributed by atoms with Crippen LogP contribution in [0.4, 0.5) is 0 Å². The molecule has 0 bridgehead atoms. The molecule has 0 aromatic rings. The maximum atomic E-state index is 9.75. The smallest absolute Gasteiger partial charge is 0.0615 e. The Labute approximate surface area is 81.9 Å². The molecule has 13 heavy (non-hydrogen) atoms. The van der Waals surface area contributed by atoms with E-state index in [1.54, 1.807) is 0 Å². The number of nitrogens with zero attached hydrogens (tertiary/aromatic N) is 1. The molecule has 0 radical (unpaired) electrons. The first-order valence-corrected chi connectivity index (χ1v) is 5.46. The van der Waals surface area contributed by atoms with E-state index in [2.05, 4.69) is 25.7 Å². The van der Waals surface area contributed by atoms with Gasteiger partial charge in [-0.05, 0) is 19.4 Å². The predicted octanol–water partition coefficient (Wildman–Crippen LogP) is 1.88. The summed E-state index contributed by atoms with van der Waals surface area (Å²) in [6, 6.07) is 0. The van der Waals surface area contributed by atoms with E-state index in [4.69, 9.17) is 0 Å². The van der Waals surface area contributed by atoms with Gasteiger partial charge in [0.05, 0.1) is 6.10 Å². The van der Waals surface area contributed by atoms with Crippen molar-refractivity contribution in [1.82, 2.24) is 4.90 Å². The molecule has 0 aromatic carbocycles. The molecule has 78 valence electrons. The van der Waals surface area contributed by atoms with E-state index in [0.29, 0.717) is 0 Å². The summed E-state index contributed by atoms with van der Waals surface area (Å²) in [6.07, 6.45) is 3.38. The van der Waals surface area contributed by atoms with Crippen LogP contribution in [0.5, 0.6) is 0 Å². The van der Waals surface area contributed by atoms with Crippen LogP contribution in [0.15, 0.2) is 0 Å². The minimum atomic E-state index is -0.106. The number of piperidine rings is 1. The molecule has 2 nitrogen and oxygen atoms in total. The summed E-state index contributed by atoms with van der Waals surface area (Å²) in [5.41, 5.74) is 0.0893. The van der Waals surface area contributed by atoms with Gasteiger partial charge in [0.1, 0.15) is 0 Å². The van der Waals surface area contributed by atoms with Gasteiger partial charge in [0.2, 0.25) is 0 Å². The molecule has 1 saturated heterocycles. The van der Waals surface area contributed by atoms with Crippen LogP contribution in [0.2, 0.25) is 0 Å². The summed E-state index contributed by atoms with van der Waals surface area (Å²) in [6.45, 7) is 9.88. The number of unbranched alkanes of at least 4 members (excludes halogenated alkanes) is 1. The lowest BCUT2D eigenvalue weighted by molar-refractivity contribution is -0.0245. The molecule has 0 aliphatic carbocycles. The second-order valence-corrected chi connectivity index (χ2v) is 4.92. The molecular weight excluding hydrogens is 162 g/mol. The Kier molecular flexibility index (Phi) is 3.74. The van der Waals surface area contributed by atoms with Crippen LogP contribution in [0.3, 0.4) is 0 Å². The first kappa shape index (κ1) is 11.0. The van der Waals surface area contributed by atoms with Crippen molar-refractivity contribution in [1.29, 1.82) is 0 Å². The molecule has 0 saturated carbocycles. The van der Waals surface area contributed by atoms with Gasteiger partial charge in [-0.3, -0.25) is 0 Å². The summed E-state index contributed by atoms with van der Waals surface area (Å²) >= 11 is 0. The number of hydrogen-bond donors (Lipinski definition) is 1. The Morgan fingerprint density at radius 2 is 2.15 bits per heavy atom. The fourth-order valence-corrected chi connectivity index (χ4v) is 2.03. The van der Waals surface area contributed by atoms with Crippen molar-refractivity contribution in [3.8, 4) is 0 Å². The van der Waals surface area contributed by atoms with Crippen molar-refractivity contribution in [2.75, 3.05) is 19.6 Å². The van der Waals surface area contributed by atoms with E-state index in [9.17, 15) is 5.11 Å². The fourth-order valence-electron chi connectivity index (χ4n) is 2.03. The number of likely N-dealkylation sites (tertiary alicyclic amines) is 1. The highest BCUT2D eigenvalue weighted by atomic mass is 16.3. The lowest BCUT2D eigenvalue weighted by Gasteiger charge is -2.41. The molecule has 1 aliphatic heterocycles. The first-order chi connectivity index (χ1) is 6.06. The van der Waals surface area contributed by atoms with Crippen LogP contribution in [0, 0.1) is 5.41 Å². The quantitative estimate of drug-likeness (QED) is 0.725. The third-order valence-corrected chi connectivity index (χ3v) is 3.08. The van der Waals surface area contributed by atoms with E-state index in [1.807, 2.05) is 0 Å². The molecule has 1 heterocycles. The van der Waals surface area contributed by atoms with Crippen LogP contribution < -0.4 is 0 Å². The predicted molar refractivity (Wildman–Crippen MR) is 55.8 cm³/mol. The van der Waals surface area contributed by atoms with Gasteiger partial charge in [0.15, 0.2) is 0 Å². The van der Waals surface area contributed by atoms with Crippen molar-refractivity contribution < 1.29 is 5.11 Å². The second-order valence-electron chi connectivity index (χ2n) is 4.92. The maximum Gasteiger partial charge on any atom is 0.0615 e. The molecule has 1 atom stereocenters. The summed E-state index contributed by atoms with van der Waals surface area (Å²) in [5, 5.41) is 9.75. The Balaban J connectivity index is 2.37. The molecule has 1 aliphatic rings. The summed E-state index contributed by atoms with van der Waals surface area (Å²) in [4.78, 5) is 2.48. The Hall–Kier alpha value is -0.0800. The molecule has 0 spiro atoms. The van der Waals surface area contributed by atoms with Crippen LogP contribution in [-0.2, 0) is 0 Å². The van der Waals surface area contributed by atoms with Crippen molar-refractivity contribution in [2.24, 2.45) is 5.41 Å². The van der Waals surface area contributed by atoms with Gasteiger partial charge < -0.3 is 10.0 Å². The van der Waals surface area contributed by atoms with Crippen molar-refractivity contribution >= 4 is 0 Å². The molecule has 1 rings (SSSR count). The zero-order valence-corrected chi connectivity index (χ0v) is 9.21. The SMILES string of the molecule is CCCCN1CCC(O)C(C)(C)C1. The van der Waals surface area contributed by atoms with Gasteiger partial charge >= 0.3 is 0 Å². The van der Waals surface area contributed by atoms with Crippen LogP contribution in [-0.4, -0.2) is 35.7 Å². The molecule has 0 amide bonds. The molecule has 2 heteroatoms. The minimum absolute atomic E-state index is 0.0893. The Bertz CT molecular complexity index is 154. The highest BCUT2D eigenvalue weighted by Crippen LogP contribution is 2.28. The summed E-state index contributed by atoms with van der Waals surface area (Å²) in [5.74, 6) is 0. The zero-order valence-electron chi connectivity index (χ0n) is 9.21. The van der Waals surface area contributed by atoms with Gasteiger partial charge in [-0.2, -0.15) is 0 Å². The Morgan fingerprint density at radius 3 is 2.69 bits per heavy atom. The van der Waals surface area contributed by atoms with Crippen LogP contribution in [0.1, 0.15) is 40.0 Å². The topological polar surface area (TPSA) is 23.5 Å². The van der Waals surface area contributed by atoms with E-state index in [1.165, 1.54) is 19.4 Å². The Morgan fingerprint density at radius 1 is 1.46 bits per heavy atom. The van der Waals surface area contributed by atoms with Crippen molar-refractivity contribution in [2.45, 2.75) is 46.1 Å². The first-order valence-electron chi connectivity index (χ1n) is 5.46. The molecular formula is C11H23NO.